The van der Waals surface area contributed by atoms with E-state index in [-0.39, 0.29) is 23.7 Å². The van der Waals surface area contributed by atoms with Crippen LogP contribution in [0.1, 0.15) is 80.7 Å². The Bertz CT molecular complexity index is 899. The van der Waals surface area contributed by atoms with Crippen LogP contribution >= 0.6 is 0 Å². The molecular formula is C25H36N4O2. The van der Waals surface area contributed by atoms with Gasteiger partial charge in [0.15, 0.2) is 0 Å². The number of nitrogens with zero attached hydrogens (tertiary/aromatic N) is 3. The van der Waals surface area contributed by atoms with Gasteiger partial charge in [-0.1, -0.05) is 24.3 Å². The van der Waals surface area contributed by atoms with Crippen molar-refractivity contribution >= 4 is 5.91 Å². The minimum absolute atomic E-state index is 0.0605. The zero-order valence-corrected chi connectivity index (χ0v) is 19.5. The molecule has 1 aromatic carbocycles. The molecule has 1 saturated carbocycles. The van der Waals surface area contributed by atoms with Crippen molar-refractivity contribution in [1.82, 2.24) is 20.0 Å². The van der Waals surface area contributed by atoms with E-state index in [1.807, 2.05) is 10.7 Å². The Hall–Kier alpha value is -2.18. The standard InChI is InChI=1S/C25H36N4O2/c1-17-14-28(15-18(2)31-17)16-20-8-6-19(7-9-20)13-26-24(30)23-12-22(21-10-11-21)27-29(23)25(3,4)5/h6-9,12,17-18,21H,10-11,13-16H2,1-5H3,(H,26,30). The molecule has 2 atom stereocenters. The van der Waals surface area contributed by atoms with Gasteiger partial charge in [-0.3, -0.25) is 14.4 Å². The van der Waals surface area contributed by atoms with Crippen LogP contribution in [0.4, 0.5) is 0 Å². The summed E-state index contributed by atoms with van der Waals surface area (Å²) in [6, 6.07) is 10.5. The summed E-state index contributed by atoms with van der Waals surface area (Å²) in [4.78, 5) is 15.4. The van der Waals surface area contributed by atoms with Gasteiger partial charge < -0.3 is 10.1 Å². The molecule has 0 spiro atoms. The van der Waals surface area contributed by atoms with Crippen molar-refractivity contribution < 1.29 is 9.53 Å². The average molecular weight is 425 g/mol. The second kappa shape index (κ2) is 8.75. The molecule has 0 radical (unpaired) electrons. The van der Waals surface area contributed by atoms with Crippen LogP contribution in [0.15, 0.2) is 30.3 Å². The summed E-state index contributed by atoms with van der Waals surface area (Å²) >= 11 is 0. The molecule has 1 N–H and O–H groups in total. The molecule has 2 aromatic rings. The fraction of sp³-hybridized carbons (Fsp3) is 0.600. The van der Waals surface area contributed by atoms with Crippen LogP contribution in [-0.4, -0.2) is 45.9 Å². The maximum absolute atomic E-state index is 12.9. The Balaban J connectivity index is 1.36. The highest BCUT2D eigenvalue weighted by Gasteiger charge is 2.31. The molecule has 31 heavy (non-hydrogen) atoms. The van der Waals surface area contributed by atoms with E-state index in [1.165, 1.54) is 18.4 Å². The minimum Gasteiger partial charge on any atom is -0.373 e. The predicted molar refractivity (Wildman–Crippen MR) is 122 cm³/mol. The predicted octanol–water partition coefficient (Wildman–Crippen LogP) is 4.05. The molecule has 6 nitrogen and oxygen atoms in total. The summed E-state index contributed by atoms with van der Waals surface area (Å²) in [6.07, 6.45) is 2.91. The molecule has 1 aliphatic heterocycles. The molecule has 168 valence electrons. The highest BCUT2D eigenvalue weighted by molar-refractivity contribution is 5.92. The number of benzene rings is 1. The van der Waals surface area contributed by atoms with Gasteiger partial charge in [0.1, 0.15) is 5.69 Å². The van der Waals surface area contributed by atoms with Crippen LogP contribution in [0.3, 0.4) is 0 Å². The van der Waals surface area contributed by atoms with Gasteiger partial charge in [-0.15, -0.1) is 0 Å². The molecule has 1 saturated heterocycles. The fourth-order valence-corrected chi connectivity index (χ4v) is 4.36. The van der Waals surface area contributed by atoms with Crippen molar-refractivity contribution in [2.45, 2.75) is 84.2 Å². The maximum Gasteiger partial charge on any atom is 0.269 e. The lowest BCUT2D eigenvalue weighted by atomic mass is 10.1. The first-order chi connectivity index (χ1) is 14.7. The normalized spacial score (nSPS) is 22.5. The van der Waals surface area contributed by atoms with Gasteiger partial charge in [-0.25, -0.2) is 0 Å². The van der Waals surface area contributed by atoms with Gasteiger partial charge in [0.05, 0.1) is 23.4 Å². The summed E-state index contributed by atoms with van der Waals surface area (Å²) in [7, 11) is 0. The van der Waals surface area contributed by atoms with E-state index < -0.39 is 0 Å². The molecule has 4 rings (SSSR count). The van der Waals surface area contributed by atoms with Gasteiger partial charge in [0, 0.05) is 32.1 Å². The SMILES string of the molecule is CC1CN(Cc2ccc(CNC(=O)c3cc(C4CC4)nn3C(C)(C)C)cc2)CC(C)O1. The third kappa shape index (κ3) is 5.55. The van der Waals surface area contributed by atoms with E-state index in [1.54, 1.807) is 0 Å². The quantitative estimate of drug-likeness (QED) is 0.760. The van der Waals surface area contributed by atoms with E-state index in [4.69, 9.17) is 9.84 Å². The van der Waals surface area contributed by atoms with E-state index in [9.17, 15) is 4.79 Å². The van der Waals surface area contributed by atoms with Gasteiger partial charge in [0.2, 0.25) is 0 Å². The van der Waals surface area contributed by atoms with Crippen molar-refractivity contribution in [2.24, 2.45) is 0 Å². The fourth-order valence-electron chi connectivity index (χ4n) is 4.36. The zero-order chi connectivity index (χ0) is 22.2. The second-order valence-electron chi connectivity index (χ2n) is 10.3. The molecule has 2 heterocycles. The number of hydrogen-bond acceptors (Lipinski definition) is 4. The molecule has 2 aliphatic rings. The number of amides is 1. The van der Waals surface area contributed by atoms with Crippen LogP contribution in [0.2, 0.25) is 0 Å². The minimum atomic E-state index is -0.226. The Morgan fingerprint density at radius 2 is 1.71 bits per heavy atom. The third-order valence-electron chi connectivity index (χ3n) is 5.97. The first-order valence-corrected chi connectivity index (χ1v) is 11.5. The van der Waals surface area contributed by atoms with Gasteiger partial charge in [0.25, 0.3) is 5.91 Å². The largest absolute Gasteiger partial charge is 0.373 e. The van der Waals surface area contributed by atoms with Crippen LogP contribution in [0.25, 0.3) is 0 Å². The van der Waals surface area contributed by atoms with Crippen molar-refractivity contribution in [1.29, 1.82) is 0 Å². The topological polar surface area (TPSA) is 59.4 Å². The molecule has 1 aliphatic carbocycles. The van der Waals surface area contributed by atoms with Gasteiger partial charge >= 0.3 is 0 Å². The molecule has 2 unspecified atom stereocenters. The Labute approximate surface area is 186 Å². The summed E-state index contributed by atoms with van der Waals surface area (Å²) < 4.78 is 7.70. The van der Waals surface area contributed by atoms with Crippen LogP contribution in [0.5, 0.6) is 0 Å². The van der Waals surface area contributed by atoms with E-state index >= 15 is 0 Å². The van der Waals surface area contributed by atoms with E-state index in [0.29, 0.717) is 18.2 Å². The average Bonchev–Trinajstić information content (AvgIpc) is 3.43. The molecule has 0 bridgehead atoms. The first kappa shape index (κ1) is 22.0. The lowest BCUT2D eigenvalue weighted by molar-refractivity contribution is -0.0704. The second-order valence-corrected chi connectivity index (χ2v) is 10.3. The van der Waals surface area contributed by atoms with Crippen molar-refractivity contribution in [3.63, 3.8) is 0 Å². The summed E-state index contributed by atoms with van der Waals surface area (Å²) in [5.74, 6) is 0.467. The molecule has 6 heteroatoms. The third-order valence-corrected chi connectivity index (χ3v) is 5.97. The van der Waals surface area contributed by atoms with Crippen LogP contribution in [0, 0.1) is 0 Å². The summed E-state index contributed by atoms with van der Waals surface area (Å²) in [5, 5.41) is 7.83. The van der Waals surface area contributed by atoms with Gasteiger partial charge in [-0.05, 0) is 64.7 Å². The summed E-state index contributed by atoms with van der Waals surface area (Å²) in [6.45, 7) is 13.9. The zero-order valence-electron chi connectivity index (χ0n) is 19.5. The Morgan fingerprint density at radius 1 is 1.10 bits per heavy atom. The van der Waals surface area contributed by atoms with Crippen molar-refractivity contribution in [3.8, 4) is 0 Å². The van der Waals surface area contributed by atoms with Crippen LogP contribution in [-0.2, 0) is 23.4 Å². The van der Waals surface area contributed by atoms with E-state index in [0.717, 1.165) is 30.9 Å². The smallest absolute Gasteiger partial charge is 0.269 e. The monoisotopic (exact) mass is 424 g/mol. The number of hydrogen-bond donors (Lipinski definition) is 1. The Kier molecular flexibility index (Phi) is 6.22. The molecular weight excluding hydrogens is 388 g/mol. The lowest BCUT2D eigenvalue weighted by Gasteiger charge is -2.35. The van der Waals surface area contributed by atoms with Crippen molar-refractivity contribution in [2.75, 3.05) is 13.1 Å². The number of rotatable bonds is 6. The van der Waals surface area contributed by atoms with Crippen molar-refractivity contribution in [3.05, 3.63) is 52.8 Å². The lowest BCUT2D eigenvalue weighted by Crippen LogP contribution is -2.44. The number of morpholine rings is 1. The van der Waals surface area contributed by atoms with E-state index in [2.05, 4.69) is 69.1 Å². The van der Waals surface area contributed by atoms with Crippen LogP contribution < -0.4 is 5.32 Å². The number of carbonyl (C=O) groups is 1. The number of nitrogens with one attached hydrogen (secondary N) is 1. The summed E-state index contributed by atoms with van der Waals surface area (Å²) in [5.41, 5.74) is 3.87. The highest BCUT2D eigenvalue weighted by atomic mass is 16.5. The molecule has 2 fully saturated rings. The molecule has 1 aromatic heterocycles. The Morgan fingerprint density at radius 3 is 2.29 bits per heavy atom. The first-order valence-electron chi connectivity index (χ1n) is 11.5. The number of ether oxygens (including phenoxy) is 1. The highest BCUT2D eigenvalue weighted by Crippen LogP contribution is 2.40. The number of carbonyl (C=O) groups excluding carboxylic acids is 1. The molecule has 1 amide bonds. The number of aromatic nitrogens is 2. The maximum atomic E-state index is 12.9. The van der Waals surface area contributed by atoms with Gasteiger partial charge in [-0.2, -0.15) is 5.10 Å².